The van der Waals surface area contributed by atoms with Crippen molar-refractivity contribution < 1.29 is 4.79 Å². The number of rotatable bonds is 7. The average Bonchev–Trinajstić information content (AvgIpc) is 3.06. The van der Waals surface area contributed by atoms with Crippen LogP contribution in [0.4, 0.5) is 0 Å². The fourth-order valence-corrected chi connectivity index (χ4v) is 2.23. The van der Waals surface area contributed by atoms with Gasteiger partial charge in [0.2, 0.25) is 5.91 Å². The molecule has 21 heavy (non-hydrogen) atoms. The van der Waals surface area contributed by atoms with Crippen molar-refractivity contribution in [3.05, 3.63) is 30.4 Å². The second kappa shape index (κ2) is 7.01. The van der Waals surface area contributed by atoms with Crippen molar-refractivity contribution in [2.45, 2.75) is 52.7 Å². The first-order valence-corrected chi connectivity index (χ1v) is 7.26. The minimum absolute atomic E-state index is 0.00153. The molecule has 0 unspecified atom stereocenters. The van der Waals surface area contributed by atoms with Crippen molar-refractivity contribution in [3.63, 3.8) is 0 Å². The highest BCUT2D eigenvalue weighted by Gasteiger charge is 2.15. The summed E-state index contributed by atoms with van der Waals surface area (Å²) in [5.74, 6) is 1.71. The van der Waals surface area contributed by atoms with E-state index in [2.05, 4.69) is 27.3 Å². The Hall–Kier alpha value is -2.18. The number of amides is 1. The van der Waals surface area contributed by atoms with E-state index in [1.807, 2.05) is 29.3 Å². The highest BCUT2D eigenvalue weighted by Crippen LogP contribution is 2.09. The summed E-state index contributed by atoms with van der Waals surface area (Å²) >= 11 is 0. The van der Waals surface area contributed by atoms with Crippen LogP contribution >= 0.6 is 0 Å². The summed E-state index contributed by atoms with van der Waals surface area (Å²) in [5.41, 5.74) is 0. The molecule has 0 fully saturated rings. The van der Waals surface area contributed by atoms with E-state index < -0.39 is 0 Å². The van der Waals surface area contributed by atoms with Gasteiger partial charge in [-0.15, -0.1) is 0 Å². The Morgan fingerprint density at radius 3 is 2.86 bits per heavy atom. The Labute approximate surface area is 124 Å². The topological polar surface area (TPSA) is 77.6 Å². The highest BCUT2D eigenvalue weighted by atomic mass is 16.1. The average molecular weight is 290 g/mol. The Morgan fingerprint density at radius 2 is 2.19 bits per heavy atom. The van der Waals surface area contributed by atoms with Crippen LogP contribution in [0.5, 0.6) is 0 Å². The molecule has 0 saturated heterocycles. The minimum atomic E-state index is -0.143. The SMILES string of the molecule is CCCn1ncnc1[C@H](C)NC(=O)CCn1ccnc1C. The lowest BCUT2D eigenvalue weighted by Gasteiger charge is -2.14. The molecule has 0 radical (unpaired) electrons. The van der Waals surface area contributed by atoms with Gasteiger partial charge < -0.3 is 9.88 Å². The lowest BCUT2D eigenvalue weighted by molar-refractivity contribution is -0.122. The predicted octanol–water partition coefficient (Wildman–Crippen LogP) is 1.46. The number of hydrogen-bond donors (Lipinski definition) is 1. The number of carbonyl (C=O) groups is 1. The third kappa shape index (κ3) is 3.90. The standard InChI is InChI=1S/C14H22N6O/c1-4-7-20-14(16-10-17-20)11(2)18-13(21)5-8-19-9-6-15-12(19)3/h6,9-11H,4-5,7-8H2,1-3H3,(H,18,21)/t11-/m0/s1. The number of aromatic nitrogens is 5. The molecule has 0 aromatic carbocycles. The van der Waals surface area contributed by atoms with E-state index in [0.717, 1.165) is 24.6 Å². The zero-order chi connectivity index (χ0) is 15.2. The summed E-state index contributed by atoms with van der Waals surface area (Å²) in [5, 5.41) is 7.14. The third-order valence-corrected chi connectivity index (χ3v) is 3.35. The number of aryl methyl sites for hydroxylation is 3. The molecule has 7 nitrogen and oxygen atoms in total. The van der Waals surface area contributed by atoms with Gasteiger partial charge in [0.25, 0.3) is 0 Å². The van der Waals surface area contributed by atoms with Crippen molar-refractivity contribution in [2.75, 3.05) is 0 Å². The molecule has 1 atom stereocenters. The maximum Gasteiger partial charge on any atom is 0.222 e. The maximum absolute atomic E-state index is 12.0. The first kappa shape index (κ1) is 15.2. The summed E-state index contributed by atoms with van der Waals surface area (Å²) in [6.07, 6.45) is 6.55. The normalized spacial score (nSPS) is 12.3. The van der Waals surface area contributed by atoms with Gasteiger partial charge in [-0.3, -0.25) is 4.79 Å². The Kier molecular flexibility index (Phi) is 5.08. The number of nitrogens with one attached hydrogen (secondary N) is 1. The van der Waals surface area contributed by atoms with Gasteiger partial charge in [0.1, 0.15) is 18.0 Å². The molecule has 2 aromatic rings. The van der Waals surface area contributed by atoms with Gasteiger partial charge in [-0.2, -0.15) is 5.10 Å². The van der Waals surface area contributed by atoms with Gasteiger partial charge in [-0.1, -0.05) is 6.92 Å². The summed E-state index contributed by atoms with van der Waals surface area (Å²) in [4.78, 5) is 20.4. The molecule has 114 valence electrons. The first-order valence-electron chi connectivity index (χ1n) is 7.26. The first-order chi connectivity index (χ1) is 10.1. The van der Waals surface area contributed by atoms with Gasteiger partial charge in [0, 0.05) is 31.9 Å². The predicted molar refractivity (Wildman–Crippen MR) is 78.5 cm³/mol. The Balaban J connectivity index is 1.87. The monoisotopic (exact) mass is 290 g/mol. The number of carbonyl (C=O) groups excluding carboxylic acids is 1. The van der Waals surface area contributed by atoms with Gasteiger partial charge in [-0.25, -0.2) is 14.6 Å². The summed E-state index contributed by atoms with van der Waals surface area (Å²) in [7, 11) is 0. The van der Waals surface area contributed by atoms with Gasteiger partial charge in [0.15, 0.2) is 0 Å². The van der Waals surface area contributed by atoms with E-state index in [1.165, 1.54) is 6.33 Å². The summed E-state index contributed by atoms with van der Waals surface area (Å²) in [6.45, 7) is 7.38. The van der Waals surface area contributed by atoms with E-state index in [-0.39, 0.29) is 11.9 Å². The van der Waals surface area contributed by atoms with Crippen molar-refractivity contribution in [1.29, 1.82) is 0 Å². The lowest BCUT2D eigenvalue weighted by Crippen LogP contribution is -2.29. The maximum atomic E-state index is 12.0. The summed E-state index contributed by atoms with van der Waals surface area (Å²) in [6, 6.07) is -0.143. The van der Waals surface area contributed by atoms with Crippen LogP contribution < -0.4 is 5.32 Å². The van der Waals surface area contributed by atoms with Gasteiger partial charge in [0.05, 0.1) is 6.04 Å². The second-order valence-electron chi connectivity index (χ2n) is 5.05. The molecule has 0 bridgehead atoms. The van der Waals surface area contributed by atoms with Crippen LogP contribution in [-0.2, 0) is 17.9 Å². The smallest absolute Gasteiger partial charge is 0.222 e. The van der Waals surface area contributed by atoms with E-state index in [9.17, 15) is 4.79 Å². The fraction of sp³-hybridized carbons (Fsp3) is 0.571. The molecule has 2 aromatic heterocycles. The van der Waals surface area contributed by atoms with Crippen LogP contribution in [0.1, 0.15) is 44.4 Å². The minimum Gasteiger partial charge on any atom is -0.346 e. The molecular formula is C14H22N6O. The van der Waals surface area contributed by atoms with Gasteiger partial charge in [-0.05, 0) is 20.3 Å². The number of nitrogens with zero attached hydrogens (tertiary/aromatic N) is 5. The quantitative estimate of drug-likeness (QED) is 0.837. The molecular weight excluding hydrogens is 268 g/mol. The molecule has 0 saturated carbocycles. The zero-order valence-corrected chi connectivity index (χ0v) is 12.8. The molecule has 2 rings (SSSR count). The Bertz CT molecular complexity index is 588. The lowest BCUT2D eigenvalue weighted by atomic mass is 10.3. The molecule has 1 amide bonds. The number of imidazole rings is 1. The second-order valence-corrected chi connectivity index (χ2v) is 5.05. The van der Waals surface area contributed by atoms with Crippen LogP contribution in [-0.4, -0.2) is 30.2 Å². The van der Waals surface area contributed by atoms with Crippen molar-refractivity contribution >= 4 is 5.91 Å². The van der Waals surface area contributed by atoms with Crippen LogP contribution in [0.2, 0.25) is 0 Å². The van der Waals surface area contributed by atoms with Crippen molar-refractivity contribution in [1.82, 2.24) is 29.6 Å². The van der Waals surface area contributed by atoms with E-state index >= 15 is 0 Å². The summed E-state index contributed by atoms with van der Waals surface area (Å²) < 4.78 is 3.80. The molecule has 0 aliphatic heterocycles. The molecule has 7 heteroatoms. The van der Waals surface area contributed by atoms with Crippen molar-refractivity contribution in [2.24, 2.45) is 0 Å². The zero-order valence-electron chi connectivity index (χ0n) is 12.8. The number of hydrogen-bond acceptors (Lipinski definition) is 4. The Morgan fingerprint density at radius 1 is 1.38 bits per heavy atom. The van der Waals surface area contributed by atoms with E-state index in [0.29, 0.717) is 13.0 Å². The van der Waals surface area contributed by atoms with E-state index in [1.54, 1.807) is 6.20 Å². The largest absolute Gasteiger partial charge is 0.346 e. The van der Waals surface area contributed by atoms with Gasteiger partial charge >= 0.3 is 0 Å². The fourth-order valence-electron chi connectivity index (χ4n) is 2.23. The van der Waals surface area contributed by atoms with Crippen LogP contribution in [0, 0.1) is 6.92 Å². The van der Waals surface area contributed by atoms with Crippen LogP contribution in [0.3, 0.4) is 0 Å². The van der Waals surface area contributed by atoms with Crippen LogP contribution in [0.15, 0.2) is 18.7 Å². The molecule has 0 spiro atoms. The van der Waals surface area contributed by atoms with Crippen molar-refractivity contribution in [3.8, 4) is 0 Å². The molecule has 0 aliphatic carbocycles. The highest BCUT2D eigenvalue weighted by molar-refractivity contribution is 5.76. The van der Waals surface area contributed by atoms with E-state index in [4.69, 9.17) is 0 Å². The van der Waals surface area contributed by atoms with Crippen LogP contribution in [0.25, 0.3) is 0 Å². The molecule has 1 N–H and O–H groups in total. The molecule has 2 heterocycles. The molecule has 0 aliphatic rings. The third-order valence-electron chi connectivity index (χ3n) is 3.35.